The predicted octanol–water partition coefficient (Wildman–Crippen LogP) is 5.79. The molecule has 2 nitrogen and oxygen atoms in total. The Labute approximate surface area is 286 Å². The van der Waals surface area contributed by atoms with E-state index in [1.807, 2.05) is 24.3 Å². The molecule has 0 aromatic heterocycles. The minimum Gasteiger partial charge on any atom is -0.372 e. The maximum absolute atomic E-state index is 3.36. The zero-order valence-electron chi connectivity index (χ0n) is 29.2. The number of nitrogens with zero attached hydrogens (tertiary/aromatic N) is 2. The van der Waals surface area contributed by atoms with Gasteiger partial charge in [0.05, 0.1) is 0 Å². The average Bonchev–Trinajstić information content (AvgIpc) is 3.11. The van der Waals surface area contributed by atoms with Gasteiger partial charge in [-0.25, -0.2) is 0 Å². The maximum atomic E-state index is 3.36. The van der Waals surface area contributed by atoms with Crippen molar-refractivity contribution in [3.05, 3.63) is 126 Å². The molecule has 0 radical (unpaired) electrons. The summed E-state index contributed by atoms with van der Waals surface area (Å²) < 4.78 is 0. The van der Waals surface area contributed by atoms with Crippen molar-refractivity contribution in [2.45, 2.75) is 79.1 Å². The highest BCUT2D eigenvalue weighted by Gasteiger charge is 2.07. The fourth-order valence-electron chi connectivity index (χ4n) is 5.26. The van der Waals surface area contributed by atoms with Crippen LogP contribution in [-0.4, -0.2) is 26.2 Å². The molecule has 48 heavy (non-hydrogen) atoms. The molecule has 0 N–H and O–H groups in total. The van der Waals surface area contributed by atoms with Crippen molar-refractivity contribution in [2.75, 3.05) is 36.0 Å². The second kappa shape index (κ2) is 20.0. The van der Waals surface area contributed by atoms with Crippen LogP contribution in [0.25, 0.3) is 34.4 Å². The molecule has 0 saturated carbocycles. The van der Waals surface area contributed by atoms with E-state index in [9.17, 15) is 0 Å². The van der Waals surface area contributed by atoms with Crippen LogP contribution in [0.15, 0.2) is 95.1 Å². The SMILES string of the molecule is CCCCN(CCCC)c1ccc2c(c1)=C=C=C=C=C=C=C=C=c1cc(N(CCCC)CCCC)ccc1=C=C=c1ccc(cc1)=C=C=2. The Balaban J connectivity index is 2.04. The van der Waals surface area contributed by atoms with Gasteiger partial charge in [0.15, 0.2) is 0 Å². The molecule has 2 aliphatic carbocycles. The van der Waals surface area contributed by atoms with Crippen LogP contribution in [0, 0.1) is 0 Å². The van der Waals surface area contributed by atoms with Crippen molar-refractivity contribution in [1.82, 2.24) is 0 Å². The van der Waals surface area contributed by atoms with E-state index in [-0.39, 0.29) is 0 Å². The largest absolute Gasteiger partial charge is 0.372 e. The summed E-state index contributed by atoms with van der Waals surface area (Å²) >= 11 is 0. The van der Waals surface area contributed by atoms with Gasteiger partial charge in [-0.2, -0.15) is 0 Å². The lowest BCUT2D eigenvalue weighted by Gasteiger charge is -2.24. The second-order valence-corrected chi connectivity index (χ2v) is 11.9. The van der Waals surface area contributed by atoms with Crippen LogP contribution in [-0.2, 0) is 0 Å². The monoisotopic (exact) mass is 626 g/mol. The molecule has 0 spiro atoms. The van der Waals surface area contributed by atoms with Gasteiger partial charge in [0.1, 0.15) is 0 Å². The van der Waals surface area contributed by atoms with Crippen LogP contribution >= 0.6 is 0 Å². The van der Waals surface area contributed by atoms with Crippen molar-refractivity contribution in [3.63, 3.8) is 0 Å². The minimum absolute atomic E-state index is 0.872. The Morgan fingerprint density at radius 3 is 1.08 bits per heavy atom. The lowest BCUT2D eigenvalue weighted by molar-refractivity contribution is 0.678. The van der Waals surface area contributed by atoms with E-state index < -0.39 is 0 Å². The molecule has 5 rings (SSSR count). The van der Waals surface area contributed by atoms with Crippen molar-refractivity contribution < 1.29 is 0 Å². The number of hydrogen-bond acceptors (Lipinski definition) is 2. The van der Waals surface area contributed by atoms with Gasteiger partial charge in [-0.05, 0) is 121 Å². The van der Waals surface area contributed by atoms with Gasteiger partial charge in [0.25, 0.3) is 0 Å². The molecular formula is C46H46N2. The quantitative estimate of drug-likeness (QED) is 0.164. The lowest BCUT2D eigenvalue weighted by Crippen LogP contribution is -2.29. The number of hydrogen-bond donors (Lipinski definition) is 0. The van der Waals surface area contributed by atoms with Crippen LogP contribution in [0.4, 0.5) is 11.4 Å². The molecule has 2 bridgehead atoms. The summed E-state index contributed by atoms with van der Waals surface area (Å²) in [6, 6.07) is 20.9. The minimum atomic E-state index is 0.872. The van der Waals surface area contributed by atoms with Gasteiger partial charge >= 0.3 is 0 Å². The first-order valence-corrected chi connectivity index (χ1v) is 17.6. The molecule has 0 aliphatic heterocycles. The lowest BCUT2D eigenvalue weighted by atomic mass is 10.1. The van der Waals surface area contributed by atoms with Gasteiger partial charge in [-0.1, -0.05) is 87.8 Å². The summed E-state index contributed by atoms with van der Waals surface area (Å²) in [5.41, 5.74) is 39.8. The highest BCUT2D eigenvalue weighted by Crippen LogP contribution is 2.13. The molecule has 0 unspecified atom stereocenters. The smallest absolute Gasteiger partial charge is 0.0432 e. The molecule has 2 heteroatoms. The zero-order chi connectivity index (χ0) is 33.8. The summed E-state index contributed by atoms with van der Waals surface area (Å²) in [5.74, 6) is 0. The van der Waals surface area contributed by atoms with Gasteiger partial charge in [-0.15, -0.1) is 0 Å². The third-order valence-corrected chi connectivity index (χ3v) is 8.14. The van der Waals surface area contributed by atoms with E-state index in [1.54, 1.807) is 0 Å². The van der Waals surface area contributed by atoms with Crippen LogP contribution in [0.3, 0.4) is 0 Å². The zero-order valence-corrected chi connectivity index (χ0v) is 29.2. The average molecular weight is 627 g/mol. The Kier molecular flexibility index (Phi) is 14.8. The van der Waals surface area contributed by atoms with E-state index in [0.717, 1.165) is 109 Å². The number of benzene rings is 3. The van der Waals surface area contributed by atoms with E-state index in [4.69, 9.17) is 0 Å². The number of rotatable bonds is 14. The maximum Gasteiger partial charge on any atom is 0.0432 e. The molecule has 240 valence electrons. The van der Waals surface area contributed by atoms with Gasteiger partial charge in [0, 0.05) is 68.9 Å². The Hall–Kier alpha value is -5.38. The van der Waals surface area contributed by atoms with Crippen molar-refractivity contribution in [1.29, 1.82) is 0 Å². The Bertz CT molecular complexity index is 2130. The number of unbranched alkanes of at least 4 members (excludes halogenated alkanes) is 4. The van der Waals surface area contributed by atoms with Crippen LogP contribution in [0.1, 0.15) is 79.1 Å². The summed E-state index contributed by atoms with van der Waals surface area (Å²) in [7, 11) is 0. The van der Waals surface area contributed by atoms with Crippen LogP contribution < -0.4 is 41.1 Å². The van der Waals surface area contributed by atoms with Crippen LogP contribution in [0.5, 0.6) is 0 Å². The molecule has 0 heterocycles. The molecule has 0 amide bonds. The summed E-state index contributed by atoms with van der Waals surface area (Å²) in [4.78, 5) is 4.92. The molecule has 0 fully saturated rings. The highest BCUT2D eigenvalue weighted by molar-refractivity contribution is 5.52. The third-order valence-electron chi connectivity index (χ3n) is 8.14. The third kappa shape index (κ3) is 11.2. The summed E-state index contributed by atoms with van der Waals surface area (Å²) in [5, 5.41) is 5.36. The second-order valence-electron chi connectivity index (χ2n) is 11.9. The molecule has 3 aromatic carbocycles. The predicted molar refractivity (Wildman–Crippen MR) is 203 cm³/mol. The first-order chi connectivity index (χ1) is 23.6. The van der Waals surface area contributed by atoms with Crippen molar-refractivity contribution >= 4 is 45.8 Å². The molecule has 2 aliphatic rings. The molecule has 0 saturated heterocycles. The van der Waals surface area contributed by atoms with Crippen molar-refractivity contribution in [2.24, 2.45) is 0 Å². The normalized spacial score (nSPS) is 10.7. The standard InChI is InChI=1S/C46H46N2/c1-5-9-33-47(34-10-6-2)45-31-29-41-27-25-39-21-23-40(24-22-39)26-28-42-30-32-46(48(35-11-7-3)36-12-8-4)38-44(42)20-18-16-14-13-15-17-19-43(41)37-45/h21-24,29-32,37-38H,5-12,33-36H2,1-4H3. The van der Waals surface area contributed by atoms with E-state index >= 15 is 0 Å². The van der Waals surface area contributed by atoms with E-state index in [0.29, 0.717) is 0 Å². The van der Waals surface area contributed by atoms with E-state index in [2.05, 4.69) is 143 Å². The number of fused-ring (bicyclic) bond motifs is 2. The highest BCUT2D eigenvalue weighted by atomic mass is 15.1. The topological polar surface area (TPSA) is 6.48 Å². The molecule has 3 aromatic rings. The molecular weight excluding hydrogens is 581 g/mol. The van der Waals surface area contributed by atoms with Crippen molar-refractivity contribution in [3.8, 4) is 0 Å². The van der Waals surface area contributed by atoms with Gasteiger partial charge in [-0.3, -0.25) is 0 Å². The Morgan fingerprint density at radius 2 is 0.729 bits per heavy atom. The fraction of sp³-hybridized carbons (Fsp3) is 0.348. The fourth-order valence-corrected chi connectivity index (χ4v) is 5.26. The summed E-state index contributed by atoms with van der Waals surface area (Å²) in [6.45, 7) is 13.1. The van der Waals surface area contributed by atoms with E-state index in [1.165, 1.54) is 11.4 Å². The van der Waals surface area contributed by atoms with Gasteiger partial charge < -0.3 is 9.80 Å². The van der Waals surface area contributed by atoms with Gasteiger partial charge in [0.2, 0.25) is 0 Å². The first kappa shape index (κ1) is 35.5. The molecule has 0 atom stereocenters. The number of anilines is 2. The Morgan fingerprint density at radius 1 is 0.375 bits per heavy atom. The van der Waals surface area contributed by atoms with Crippen LogP contribution in [0.2, 0.25) is 0 Å². The first-order valence-electron chi connectivity index (χ1n) is 17.6. The summed E-state index contributed by atoms with van der Waals surface area (Å²) in [6.07, 6.45) is 9.27.